The Morgan fingerprint density at radius 2 is 2.33 bits per heavy atom. The third-order valence-corrected chi connectivity index (χ3v) is 2.29. The summed E-state index contributed by atoms with van der Waals surface area (Å²) in [5.41, 5.74) is 0. The maximum absolute atomic E-state index is 10.4. The number of hydrogen-bond donors (Lipinski definition) is 1. The van der Waals surface area contributed by atoms with E-state index in [0.29, 0.717) is 16.9 Å². The molecule has 0 aliphatic heterocycles. The molecule has 6 heteroatoms. The van der Waals surface area contributed by atoms with Gasteiger partial charge >= 0.3 is 0 Å². The molecule has 1 unspecified atom stereocenters. The highest BCUT2D eigenvalue weighted by molar-refractivity contribution is 7.94. The highest BCUT2D eigenvalue weighted by Gasteiger charge is 1.96. The van der Waals surface area contributed by atoms with Crippen molar-refractivity contribution >= 4 is 23.1 Å². The van der Waals surface area contributed by atoms with E-state index < -0.39 is 11.1 Å². The van der Waals surface area contributed by atoms with E-state index in [1.165, 1.54) is 12.1 Å². The molecule has 0 bridgehead atoms. The van der Waals surface area contributed by atoms with Gasteiger partial charge in [0.2, 0.25) is 0 Å². The third kappa shape index (κ3) is 2.58. The zero-order valence-electron chi connectivity index (χ0n) is 5.80. The molecule has 0 amide bonds. The summed E-state index contributed by atoms with van der Waals surface area (Å²) in [4.78, 5) is 0.691. The minimum Gasteiger partial charge on any atom is -0.768 e. The Morgan fingerprint density at radius 1 is 1.58 bits per heavy atom. The van der Waals surface area contributed by atoms with Crippen LogP contribution in [0.2, 0.25) is 0 Å². The van der Waals surface area contributed by atoms with Gasteiger partial charge in [-0.1, -0.05) is 6.07 Å². The highest BCUT2D eigenvalue weighted by Crippen LogP contribution is 2.19. The smallest absolute Gasteiger partial charge is 0.0680 e. The third-order valence-electron chi connectivity index (χ3n) is 1.13. The largest absolute Gasteiger partial charge is 0.768 e. The lowest BCUT2D eigenvalue weighted by Gasteiger charge is -2.05. The average Bonchev–Trinajstić information content (AvgIpc) is 2.05. The lowest BCUT2D eigenvalue weighted by molar-refractivity contribution is -0.116. The molecule has 66 valence electrons. The SMILES string of the molecule is O=S([O-])c1cccc(SOO)c1. The molecule has 1 N–H and O–H groups in total. The molecular formula is C6H5O4S2-. The molecular weight excluding hydrogens is 200 g/mol. The lowest BCUT2D eigenvalue weighted by atomic mass is 10.4. The number of rotatable bonds is 3. The van der Waals surface area contributed by atoms with Crippen molar-refractivity contribution in [2.45, 2.75) is 9.79 Å². The predicted molar refractivity (Wildman–Crippen MR) is 43.2 cm³/mol. The zero-order valence-corrected chi connectivity index (χ0v) is 7.43. The van der Waals surface area contributed by atoms with Crippen LogP contribution in [0.1, 0.15) is 0 Å². The molecule has 0 aromatic heterocycles. The molecule has 1 rings (SSSR count). The van der Waals surface area contributed by atoms with Crippen molar-refractivity contribution < 1.29 is 18.4 Å². The fourth-order valence-electron chi connectivity index (χ4n) is 0.673. The minimum absolute atomic E-state index is 0.164. The van der Waals surface area contributed by atoms with Crippen LogP contribution in [-0.2, 0) is 15.4 Å². The van der Waals surface area contributed by atoms with Crippen LogP contribution in [0.4, 0.5) is 0 Å². The van der Waals surface area contributed by atoms with Gasteiger partial charge in [-0.25, -0.2) is 5.26 Å². The van der Waals surface area contributed by atoms with E-state index in [2.05, 4.69) is 4.33 Å². The van der Waals surface area contributed by atoms with Gasteiger partial charge in [-0.05, 0) is 29.3 Å². The van der Waals surface area contributed by atoms with Gasteiger partial charge in [-0.15, -0.1) is 0 Å². The first kappa shape index (κ1) is 9.69. The Morgan fingerprint density at radius 3 is 2.92 bits per heavy atom. The molecule has 12 heavy (non-hydrogen) atoms. The Labute approximate surface area is 76.0 Å². The summed E-state index contributed by atoms with van der Waals surface area (Å²) < 4.78 is 24.7. The summed E-state index contributed by atoms with van der Waals surface area (Å²) in [7, 11) is 0. The van der Waals surface area contributed by atoms with Crippen LogP contribution >= 0.6 is 12.0 Å². The molecule has 1 aromatic carbocycles. The molecule has 0 heterocycles. The van der Waals surface area contributed by atoms with E-state index >= 15 is 0 Å². The maximum Gasteiger partial charge on any atom is 0.0680 e. The normalized spacial score (nSPS) is 12.8. The molecule has 0 aliphatic carbocycles. The first-order valence-electron chi connectivity index (χ1n) is 2.91. The first-order valence-corrected chi connectivity index (χ1v) is 4.73. The molecule has 0 saturated carbocycles. The van der Waals surface area contributed by atoms with Crippen molar-refractivity contribution in [1.29, 1.82) is 0 Å². The molecule has 1 aromatic rings. The van der Waals surface area contributed by atoms with Crippen molar-refractivity contribution in [3.8, 4) is 0 Å². The molecule has 0 aliphatic rings. The van der Waals surface area contributed by atoms with Crippen molar-refractivity contribution in [3.63, 3.8) is 0 Å². The number of hydrogen-bond acceptors (Lipinski definition) is 5. The fraction of sp³-hybridized carbons (Fsp3) is 0. The van der Waals surface area contributed by atoms with Crippen LogP contribution in [0.25, 0.3) is 0 Å². The standard InChI is InChI=1S/C6H6O4S2/c7-10-11-5-2-1-3-6(4-5)12(8)9/h1-4,7H,(H,8,9)/p-1. The van der Waals surface area contributed by atoms with E-state index in [9.17, 15) is 8.76 Å². The quantitative estimate of drug-likeness (QED) is 0.350. The Bertz CT molecular complexity index is 289. The van der Waals surface area contributed by atoms with E-state index in [4.69, 9.17) is 5.26 Å². The van der Waals surface area contributed by atoms with Crippen LogP contribution in [0.3, 0.4) is 0 Å². The second-order valence-electron chi connectivity index (χ2n) is 1.87. The van der Waals surface area contributed by atoms with Crippen molar-refractivity contribution in [2.24, 2.45) is 0 Å². The van der Waals surface area contributed by atoms with Crippen molar-refractivity contribution in [3.05, 3.63) is 24.3 Å². The summed E-state index contributed by atoms with van der Waals surface area (Å²) in [5.74, 6) is 0. The maximum atomic E-state index is 10.4. The highest BCUT2D eigenvalue weighted by atomic mass is 32.2. The van der Waals surface area contributed by atoms with Gasteiger partial charge in [-0.3, -0.25) is 4.21 Å². The van der Waals surface area contributed by atoms with Crippen LogP contribution in [-0.4, -0.2) is 14.0 Å². The van der Waals surface area contributed by atoms with E-state index in [1.807, 2.05) is 0 Å². The first-order chi connectivity index (χ1) is 5.74. The summed E-state index contributed by atoms with van der Waals surface area (Å²) in [6.07, 6.45) is 0. The van der Waals surface area contributed by atoms with Gasteiger partial charge in [0.15, 0.2) is 0 Å². The van der Waals surface area contributed by atoms with Crippen molar-refractivity contribution in [2.75, 3.05) is 0 Å². The monoisotopic (exact) mass is 205 g/mol. The van der Waals surface area contributed by atoms with Gasteiger partial charge in [0, 0.05) is 9.79 Å². The Balaban J connectivity index is 2.88. The fourth-order valence-corrected chi connectivity index (χ4v) is 1.56. The van der Waals surface area contributed by atoms with Crippen LogP contribution in [0.15, 0.2) is 34.1 Å². The summed E-state index contributed by atoms with van der Waals surface area (Å²) in [5, 5.41) is 8.06. The number of benzene rings is 1. The zero-order chi connectivity index (χ0) is 8.97. The second-order valence-corrected chi connectivity index (χ2v) is 3.60. The minimum atomic E-state index is -2.24. The van der Waals surface area contributed by atoms with E-state index in [0.717, 1.165) is 0 Å². The van der Waals surface area contributed by atoms with E-state index in [1.54, 1.807) is 12.1 Å². The molecule has 0 fully saturated rings. The van der Waals surface area contributed by atoms with Crippen LogP contribution < -0.4 is 0 Å². The molecule has 0 spiro atoms. The average molecular weight is 205 g/mol. The Kier molecular flexibility index (Phi) is 3.70. The second kappa shape index (κ2) is 4.58. The van der Waals surface area contributed by atoms with Crippen LogP contribution in [0.5, 0.6) is 0 Å². The van der Waals surface area contributed by atoms with Gasteiger partial charge < -0.3 is 4.55 Å². The van der Waals surface area contributed by atoms with Crippen LogP contribution in [0, 0.1) is 0 Å². The van der Waals surface area contributed by atoms with E-state index in [-0.39, 0.29) is 4.90 Å². The lowest BCUT2D eigenvalue weighted by Crippen LogP contribution is -1.88. The van der Waals surface area contributed by atoms with Gasteiger partial charge in [0.25, 0.3) is 0 Å². The van der Waals surface area contributed by atoms with Gasteiger partial charge in [-0.2, -0.15) is 4.33 Å². The molecule has 0 radical (unpaired) electrons. The van der Waals surface area contributed by atoms with Gasteiger partial charge in [0.1, 0.15) is 0 Å². The summed E-state index contributed by atoms with van der Waals surface area (Å²) in [6.45, 7) is 0. The Hall–Kier alpha value is -0.400. The molecule has 1 atom stereocenters. The van der Waals surface area contributed by atoms with Gasteiger partial charge in [0.05, 0.1) is 12.0 Å². The summed E-state index contributed by atoms with van der Waals surface area (Å²) >= 11 is -1.55. The molecule has 4 nitrogen and oxygen atoms in total. The molecule has 0 saturated heterocycles. The summed E-state index contributed by atoms with van der Waals surface area (Å²) in [6, 6.07) is 6.03. The topological polar surface area (TPSA) is 69.6 Å². The predicted octanol–water partition coefficient (Wildman–Crippen LogP) is 1.42. The van der Waals surface area contributed by atoms with Crippen molar-refractivity contribution in [1.82, 2.24) is 0 Å².